The van der Waals surface area contributed by atoms with E-state index in [-0.39, 0.29) is 30.7 Å². The van der Waals surface area contributed by atoms with Gasteiger partial charge in [0.25, 0.3) is 0 Å². The van der Waals surface area contributed by atoms with Crippen molar-refractivity contribution in [1.29, 1.82) is 0 Å². The van der Waals surface area contributed by atoms with Gasteiger partial charge in [-0.05, 0) is 87.3 Å². The molecule has 0 radical (unpaired) electrons. The highest BCUT2D eigenvalue weighted by molar-refractivity contribution is 7.08. The van der Waals surface area contributed by atoms with Gasteiger partial charge in [0, 0.05) is 19.4 Å². The minimum absolute atomic E-state index is 0.00921. The second kappa shape index (κ2) is 13.7. The third kappa shape index (κ3) is 6.91. The molecule has 0 bridgehead atoms. The Hall–Kier alpha value is -4.72. The Balaban J connectivity index is 1.22. The van der Waals surface area contributed by atoms with Gasteiger partial charge < -0.3 is 20.7 Å². The lowest BCUT2D eigenvalue weighted by molar-refractivity contribution is -0.125. The number of anilines is 1. The van der Waals surface area contributed by atoms with E-state index in [1.165, 1.54) is 16.7 Å². The van der Waals surface area contributed by atoms with Crippen LogP contribution in [0.15, 0.2) is 114 Å². The van der Waals surface area contributed by atoms with Crippen molar-refractivity contribution in [1.82, 2.24) is 5.32 Å². The van der Waals surface area contributed by atoms with Gasteiger partial charge in [0.05, 0.1) is 18.3 Å². The maximum atomic E-state index is 13.9. The molecule has 0 aliphatic heterocycles. The number of rotatable bonds is 11. The predicted molar refractivity (Wildman–Crippen MR) is 177 cm³/mol. The average Bonchev–Trinajstić information content (AvgIpc) is 3.74. The number of hydrogen-bond donors (Lipinski definition) is 2. The number of nitrogens with two attached hydrogens (primary N) is 1. The number of hydrogen-bond acceptors (Lipinski definition) is 5. The summed E-state index contributed by atoms with van der Waals surface area (Å²) in [5, 5.41) is 7.33. The van der Waals surface area contributed by atoms with Gasteiger partial charge in [-0.15, -0.1) is 0 Å². The third-order valence-electron chi connectivity index (χ3n) is 8.00. The van der Waals surface area contributed by atoms with Gasteiger partial charge in [-0.25, -0.2) is 0 Å². The lowest BCUT2D eigenvalue weighted by Gasteiger charge is -2.26. The van der Waals surface area contributed by atoms with Crippen molar-refractivity contribution < 1.29 is 14.3 Å². The first kappa shape index (κ1) is 29.4. The number of carbonyl (C=O) groups excluding carboxylic acids is 2. The molecule has 4 aromatic carbocycles. The summed E-state index contributed by atoms with van der Waals surface area (Å²) < 4.78 is 6.31. The van der Waals surface area contributed by atoms with Gasteiger partial charge in [-0.3, -0.25) is 9.59 Å². The van der Waals surface area contributed by atoms with E-state index in [1.54, 1.807) is 16.2 Å². The van der Waals surface area contributed by atoms with Crippen molar-refractivity contribution in [3.05, 3.63) is 136 Å². The summed E-state index contributed by atoms with van der Waals surface area (Å²) >= 11 is 1.66. The van der Waals surface area contributed by atoms with Crippen LogP contribution in [0.2, 0.25) is 0 Å². The molecule has 0 spiro atoms. The van der Waals surface area contributed by atoms with E-state index >= 15 is 0 Å². The second-order valence-corrected chi connectivity index (χ2v) is 11.7. The highest BCUT2D eigenvalue weighted by Crippen LogP contribution is 2.35. The zero-order valence-corrected chi connectivity index (χ0v) is 25.3. The van der Waals surface area contributed by atoms with Gasteiger partial charge in [-0.2, -0.15) is 11.3 Å². The first-order chi connectivity index (χ1) is 21.6. The van der Waals surface area contributed by atoms with Gasteiger partial charge in [0.15, 0.2) is 5.75 Å². The number of thiophene rings is 1. The van der Waals surface area contributed by atoms with Crippen LogP contribution in [-0.4, -0.2) is 11.8 Å². The minimum Gasteiger partial charge on any atom is -0.455 e. The number of nitrogens with zero attached hydrogens (tertiary/aromatic N) is 1. The summed E-state index contributed by atoms with van der Waals surface area (Å²) in [4.78, 5) is 28.7. The minimum atomic E-state index is -0.152. The van der Waals surface area contributed by atoms with Crippen LogP contribution in [0.1, 0.15) is 47.6 Å². The largest absolute Gasteiger partial charge is 0.455 e. The normalized spacial score (nSPS) is 13.7. The van der Waals surface area contributed by atoms with Crippen LogP contribution in [-0.2, 0) is 29.1 Å². The van der Waals surface area contributed by atoms with Gasteiger partial charge >= 0.3 is 0 Å². The molecular weight excluding hydrogens is 566 g/mol. The van der Waals surface area contributed by atoms with E-state index in [0.29, 0.717) is 30.3 Å². The Labute approximate surface area is 262 Å². The fraction of sp³-hybridized carbons (Fsp3) is 0.189. The smallest absolute Gasteiger partial charge is 0.227 e. The van der Waals surface area contributed by atoms with Crippen molar-refractivity contribution in [2.75, 3.05) is 4.90 Å². The molecule has 0 saturated heterocycles. The molecule has 0 fully saturated rings. The third-order valence-corrected chi connectivity index (χ3v) is 8.69. The van der Waals surface area contributed by atoms with Crippen LogP contribution >= 0.6 is 11.3 Å². The molecule has 7 heteroatoms. The number of benzene rings is 4. The molecule has 1 aliphatic carbocycles. The molecule has 6 rings (SSSR count). The summed E-state index contributed by atoms with van der Waals surface area (Å²) in [6.45, 7) is 0.739. The number of carbonyl (C=O) groups is 2. The van der Waals surface area contributed by atoms with E-state index in [2.05, 4.69) is 46.4 Å². The molecule has 3 N–H and O–H groups in total. The monoisotopic (exact) mass is 601 g/mol. The molecule has 1 heterocycles. The van der Waals surface area contributed by atoms with Crippen molar-refractivity contribution >= 4 is 28.8 Å². The number of nitrogens with one attached hydrogen (secondary N) is 1. The Kier molecular flexibility index (Phi) is 9.15. The fourth-order valence-electron chi connectivity index (χ4n) is 5.68. The molecule has 1 aliphatic rings. The summed E-state index contributed by atoms with van der Waals surface area (Å²) in [5.74, 6) is 0.921. The molecule has 0 saturated carbocycles. The lowest BCUT2D eigenvalue weighted by Crippen LogP contribution is -2.33. The topological polar surface area (TPSA) is 84.7 Å². The van der Waals surface area contributed by atoms with Crippen LogP contribution in [0.25, 0.3) is 11.1 Å². The van der Waals surface area contributed by atoms with E-state index in [1.807, 2.05) is 72.8 Å². The van der Waals surface area contributed by atoms with Crippen molar-refractivity contribution in [3.63, 3.8) is 0 Å². The SMILES string of the molecule is NCc1cccc(Oc2ccccc2N(Cc2ccc(-c3ccsc3)cc2)C(=O)CCC(=O)NC2CCc3ccccc32)c1. The molecule has 6 nitrogen and oxygen atoms in total. The van der Waals surface area contributed by atoms with Crippen LogP contribution in [0.3, 0.4) is 0 Å². The Morgan fingerprint density at radius 3 is 2.50 bits per heavy atom. The maximum Gasteiger partial charge on any atom is 0.227 e. The Morgan fingerprint density at radius 2 is 1.68 bits per heavy atom. The summed E-state index contributed by atoms with van der Waals surface area (Å²) in [6, 6.07) is 33.7. The number of aryl methyl sites for hydroxylation is 1. The summed E-state index contributed by atoms with van der Waals surface area (Å²) in [6.07, 6.45) is 2.00. The van der Waals surface area contributed by atoms with Crippen LogP contribution in [0, 0.1) is 0 Å². The van der Waals surface area contributed by atoms with Gasteiger partial charge in [0.2, 0.25) is 11.8 Å². The van der Waals surface area contributed by atoms with Crippen molar-refractivity contribution in [2.45, 2.75) is 44.8 Å². The summed E-state index contributed by atoms with van der Waals surface area (Å²) in [7, 11) is 0. The zero-order chi connectivity index (χ0) is 30.3. The average molecular weight is 602 g/mol. The quantitative estimate of drug-likeness (QED) is 0.162. The molecule has 1 atom stereocenters. The van der Waals surface area contributed by atoms with Gasteiger partial charge in [-0.1, -0.05) is 72.8 Å². The molecule has 1 aromatic heterocycles. The highest BCUT2D eigenvalue weighted by Gasteiger charge is 2.25. The number of ether oxygens (including phenoxy) is 1. The zero-order valence-electron chi connectivity index (χ0n) is 24.4. The number of para-hydroxylation sites is 2. The van der Waals surface area contributed by atoms with E-state index < -0.39 is 0 Å². The first-order valence-corrected chi connectivity index (χ1v) is 15.9. The van der Waals surface area contributed by atoms with E-state index in [0.717, 1.165) is 29.5 Å². The highest BCUT2D eigenvalue weighted by atomic mass is 32.1. The first-order valence-electron chi connectivity index (χ1n) is 14.9. The standard InChI is InChI=1S/C37H35N3O3S/c38-23-27-6-5-8-31(22-27)43-35-11-4-3-10-34(35)40(24-26-12-14-28(15-13-26)30-20-21-44-25-30)37(42)19-18-36(41)39-33-17-16-29-7-1-2-9-32(29)33/h1-15,20-22,25,33H,16-19,23-24,38H2,(H,39,41). The van der Waals surface area contributed by atoms with Crippen molar-refractivity contribution in [2.24, 2.45) is 5.73 Å². The predicted octanol–water partition coefficient (Wildman–Crippen LogP) is 7.78. The van der Waals surface area contributed by atoms with E-state index in [9.17, 15) is 9.59 Å². The van der Waals surface area contributed by atoms with Crippen LogP contribution in [0.5, 0.6) is 11.5 Å². The van der Waals surface area contributed by atoms with Crippen LogP contribution < -0.4 is 20.7 Å². The van der Waals surface area contributed by atoms with Crippen LogP contribution in [0.4, 0.5) is 5.69 Å². The van der Waals surface area contributed by atoms with E-state index in [4.69, 9.17) is 10.5 Å². The van der Waals surface area contributed by atoms with Crippen molar-refractivity contribution in [3.8, 4) is 22.6 Å². The molecule has 1 unspecified atom stereocenters. The number of fused-ring (bicyclic) bond motifs is 1. The molecule has 2 amide bonds. The molecule has 5 aromatic rings. The summed E-state index contributed by atoms with van der Waals surface area (Å²) in [5.41, 5.74) is 13.2. The maximum absolute atomic E-state index is 13.9. The fourth-order valence-corrected chi connectivity index (χ4v) is 6.34. The number of amides is 2. The Bertz CT molecular complexity index is 1730. The Morgan fingerprint density at radius 1 is 0.864 bits per heavy atom. The van der Waals surface area contributed by atoms with Gasteiger partial charge in [0.1, 0.15) is 5.75 Å². The molecular formula is C37H35N3O3S. The molecule has 222 valence electrons. The second-order valence-electron chi connectivity index (χ2n) is 11.0. The molecule has 44 heavy (non-hydrogen) atoms. The lowest BCUT2D eigenvalue weighted by atomic mass is 10.1.